The summed E-state index contributed by atoms with van der Waals surface area (Å²) in [5, 5.41) is 0.284. The Bertz CT molecular complexity index is 653. The minimum Gasteiger partial charge on any atom is -0.454 e. The number of aromatic nitrogens is 1. The minimum absolute atomic E-state index is 0.00325. The van der Waals surface area contributed by atoms with Crippen LogP contribution in [-0.2, 0) is 4.74 Å². The highest BCUT2D eigenvalue weighted by molar-refractivity contribution is 6.46. The fourth-order valence-corrected chi connectivity index (χ4v) is 2.18. The van der Waals surface area contributed by atoms with E-state index in [0.29, 0.717) is 5.69 Å². The predicted octanol–water partition coefficient (Wildman–Crippen LogP) is 4.01. The molecule has 0 aliphatic heterocycles. The molecule has 2 aromatic rings. The number of ether oxygens (including phenoxy) is 1. The van der Waals surface area contributed by atoms with Gasteiger partial charge in [-0.3, -0.25) is 4.79 Å². The quantitative estimate of drug-likeness (QED) is 0.523. The van der Waals surface area contributed by atoms with Gasteiger partial charge >= 0.3 is 5.97 Å². The SMILES string of the molecule is O=C(COC(=O)c1c(Cl)ccc(Cl)c1Cl)c1ccc[nH]1. The lowest BCUT2D eigenvalue weighted by atomic mass is 10.2. The average Bonchev–Trinajstić information content (AvgIpc) is 2.95. The summed E-state index contributed by atoms with van der Waals surface area (Å²) < 4.78 is 4.89. The molecule has 0 fully saturated rings. The Kier molecular flexibility index (Phi) is 4.70. The van der Waals surface area contributed by atoms with Crippen molar-refractivity contribution in [3.63, 3.8) is 0 Å². The Morgan fingerprint density at radius 1 is 1.10 bits per heavy atom. The van der Waals surface area contributed by atoms with E-state index < -0.39 is 12.6 Å². The van der Waals surface area contributed by atoms with Crippen LogP contribution in [0.1, 0.15) is 20.8 Å². The van der Waals surface area contributed by atoms with Crippen molar-refractivity contribution in [2.45, 2.75) is 0 Å². The highest BCUT2D eigenvalue weighted by Crippen LogP contribution is 2.31. The Morgan fingerprint density at radius 3 is 2.45 bits per heavy atom. The highest BCUT2D eigenvalue weighted by atomic mass is 35.5. The minimum atomic E-state index is -0.803. The van der Waals surface area contributed by atoms with Gasteiger partial charge in [-0.1, -0.05) is 34.8 Å². The zero-order chi connectivity index (χ0) is 14.7. The van der Waals surface area contributed by atoms with Crippen molar-refractivity contribution in [1.29, 1.82) is 0 Å². The standard InChI is InChI=1S/C13H8Cl3NO3/c14-7-3-4-8(15)12(16)11(7)13(19)20-6-10(18)9-2-1-5-17-9/h1-5,17H,6H2. The van der Waals surface area contributed by atoms with Gasteiger partial charge in [0.05, 0.1) is 26.3 Å². The second-order valence-corrected chi connectivity index (χ2v) is 4.99. The van der Waals surface area contributed by atoms with Crippen molar-refractivity contribution < 1.29 is 14.3 Å². The number of Topliss-reactive ketones (excluding diaryl/α,β-unsaturated/α-hetero) is 1. The maximum Gasteiger partial charge on any atom is 0.341 e. The van der Waals surface area contributed by atoms with Crippen LogP contribution in [0.3, 0.4) is 0 Å². The van der Waals surface area contributed by atoms with E-state index in [2.05, 4.69) is 4.98 Å². The van der Waals surface area contributed by atoms with Gasteiger partial charge in [-0.25, -0.2) is 4.79 Å². The van der Waals surface area contributed by atoms with Crippen LogP contribution in [0.5, 0.6) is 0 Å². The molecule has 0 spiro atoms. The molecular formula is C13H8Cl3NO3. The van der Waals surface area contributed by atoms with Gasteiger partial charge in [0.25, 0.3) is 0 Å². The third kappa shape index (κ3) is 3.15. The lowest BCUT2D eigenvalue weighted by molar-refractivity contribution is 0.0474. The highest BCUT2D eigenvalue weighted by Gasteiger charge is 2.20. The van der Waals surface area contributed by atoms with Crippen molar-refractivity contribution in [2.24, 2.45) is 0 Å². The van der Waals surface area contributed by atoms with Crippen LogP contribution in [0.2, 0.25) is 15.1 Å². The van der Waals surface area contributed by atoms with Crippen molar-refractivity contribution in [3.8, 4) is 0 Å². The molecule has 20 heavy (non-hydrogen) atoms. The van der Waals surface area contributed by atoms with E-state index in [1.807, 2.05) is 0 Å². The number of rotatable bonds is 4. The molecule has 0 atom stereocenters. The second kappa shape index (κ2) is 6.31. The van der Waals surface area contributed by atoms with Gasteiger partial charge in [0, 0.05) is 6.20 Å². The van der Waals surface area contributed by atoms with Crippen LogP contribution in [0, 0.1) is 0 Å². The number of carbonyl (C=O) groups excluding carboxylic acids is 2. The van der Waals surface area contributed by atoms with Gasteiger partial charge in [-0.2, -0.15) is 0 Å². The number of ketones is 1. The molecule has 1 aromatic carbocycles. The summed E-state index contributed by atoms with van der Waals surface area (Å²) >= 11 is 17.6. The van der Waals surface area contributed by atoms with E-state index in [4.69, 9.17) is 39.5 Å². The number of benzene rings is 1. The molecule has 104 valence electrons. The first kappa shape index (κ1) is 14.9. The van der Waals surface area contributed by atoms with Crippen LogP contribution >= 0.6 is 34.8 Å². The summed E-state index contributed by atoms with van der Waals surface area (Å²) in [5.74, 6) is -1.17. The monoisotopic (exact) mass is 331 g/mol. The van der Waals surface area contributed by atoms with Crippen molar-refractivity contribution in [3.05, 3.63) is 56.8 Å². The first-order valence-corrected chi connectivity index (χ1v) is 6.61. The van der Waals surface area contributed by atoms with Crippen LogP contribution in [0.15, 0.2) is 30.5 Å². The maximum atomic E-state index is 11.9. The molecule has 0 unspecified atom stereocenters. The summed E-state index contributed by atoms with van der Waals surface area (Å²) in [6.07, 6.45) is 1.60. The number of halogens is 3. The number of hydrogen-bond donors (Lipinski definition) is 1. The predicted molar refractivity (Wildman–Crippen MR) is 76.9 cm³/mol. The molecule has 0 aliphatic rings. The topological polar surface area (TPSA) is 59.2 Å². The lowest BCUT2D eigenvalue weighted by Gasteiger charge is -2.08. The molecule has 2 rings (SSSR count). The molecule has 0 aliphatic carbocycles. The third-order valence-electron chi connectivity index (χ3n) is 2.48. The van der Waals surface area contributed by atoms with Gasteiger partial charge in [0.2, 0.25) is 5.78 Å². The second-order valence-electron chi connectivity index (χ2n) is 3.80. The first-order chi connectivity index (χ1) is 9.50. The van der Waals surface area contributed by atoms with E-state index in [1.54, 1.807) is 18.3 Å². The van der Waals surface area contributed by atoms with Gasteiger partial charge in [0.1, 0.15) is 0 Å². The molecule has 0 amide bonds. The number of H-pyrrole nitrogens is 1. The van der Waals surface area contributed by atoms with Gasteiger partial charge in [-0.05, 0) is 24.3 Å². The van der Waals surface area contributed by atoms with Crippen molar-refractivity contribution >= 4 is 46.6 Å². The number of esters is 1. The molecular weight excluding hydrogens is 325 g/mol. The normalized spacial score (nSPS) is 10.3. The zero-order valence-corrected chi connectivity index (χ0v) is 12.2. The van der Waals surface area contributed by atoms with Crippen LogP contribution in [0.25, 0.3) is 0 Å². The van der Waals surface area contributed by atoms with Crippen LogP contribution < -0.4 is 0 Å². The first-order valence-electron chi connectivity index (χ1n) is 5.48. The van der Waals surface area contributed by atoms with Gasteiger partial charge < -0.3 is 9.72 Å². The Morgan fingerprint density at radius 2 is 1.80 bits per heavy atom. The van der Waals surface area contributed by atoms with Crippen molar-refractivity contribution in [2.75, 3.05) is 6.61 Å². The van der Waals surface area contributed by atoms with Crippen LogP contribution in [-0.4, -0.2) is 23.3 Å². The zero-order valence-electron chi connectivity index (χ0n) is 9.95. The van der Waals surface area contributed by atoms with E-state index in [1.165, 1.54) is 12.1 Å². The van der Waals surface area contributed by atoms with E-state index in [9.17, 15) is 9.59 Å². The fraction of sp³-hybridized carbons (Fsp3) is 0.0769. The van der Waals surface area contributed by atoms with E-state index in [-0.39, 0.29) is 26.4 Å². The summed E-state index contributed by atoms with van der Waals surface area (Å²) in [6, 6.07) is 6.14. The number of aromatic amines is 1. The van der Waals surface area contributed by atoms with Gasteiger partial charge in [0.15, 0.2) is 6.61 Å². The third-order valence-corrected chi connectivity index (χ3v) is 3.60. The fourth-order valence-electron chi connectivity index (χ4n) is 1.50. The Balaban J connectivity index is 2.10. The molecule has 0 saturated heterocycles. The molecule has 1 N–H and O–H groups in total. The molecule has 7 heteroatoms. The van der Waals surface area contributed by atoms with Gasteiger partial charge in [-0.15, -0.1) is 0 Å². The Labute approximate surface area is 129 Å². The summed E-state index contributed by atoms with van der Waals surface area (Å²) in [5.41, 5.74) is 0.293. The number of carbonyl (C=O) groups is 2. The lowest BCUT2D eigenvalue weighted by Crippen LogP contribution is -2.15. The van der Waals surface area contributed by atoms with E-state index >= 15 is 0 Å². The molecule has 4 nitrogen and oxygen atoms in total. The molecule has 1 heterocycles. The largest absolute Gasteiger partial charge is 0.454 e. The molecule has 0 saturated carbocycles. The molecule has 0 bridgehead atoms. The molecule has 0 radical (unpaired) electrons. The van der Waals surface area contributed by atoms with E-state index in [0.717, 1.165) is 0 Å². The smallest absolute Gasteiger partial charge is 0.341 e. The maximum absolute atomic E-state index is 11.9. The Hall–Kier alpha value is -1.49. The average molecular weight is 333 g/mol. The molecule has 1 aromatic heterocycles. The number of hydrogen-bond acceptors (Lipinski definition) is 3. The summed E-state index contributed by atoms with van der Waals surface area (Å²) in [7, 11) is 0. The summed E-state index contributed by atoms with van der Waals surface area (Å²) in [4.78, 5) is 26.3. The number of nitrogens with one attached hydrogen (secondary N) is 1. The van der Waals surface area contributed by atoms with Crippen LogP contribution in [0.4, 0.5) is 0 Å². The summed E-state index contributed by atoms with van der Waals surface area (Å²) in [6.45, 7) is -0.418. The van der Waals surface area contributed by atoms with Crippen molar-refractivity contribution in [1.82, 2.24) is 4.98 Å².